The van der Waals surface area contributed by atoms with Crippen LogP contribution in [-0.2, 0) is 6.54 Å². The van der Waals surface area contributed by atoms with Gasteiger partial charge in [-0.25, -0.2) is 14.5 Å². The molecule has 0 saturated heterocycles. The van der Waals surface area contributed by atoms with Crippen LogP contribution >= 0.6 is 11.8 Å². The number of hydrogen-bond acceptors (Lipinski definition) is 4. The number of carbonyl (C=O) groups is 1. The molecule has 27 heavy (non-hydrogen) atoms. The summed E-state index contributed by atoms with van der Waals surface area (Å²) in [5.41, 5.74) is -3.58. The fraction of sp³-hybridized carbons (Fsp3) is 0.118. The van der Waals surface area contributed by atoms with Crippen molar-refractivity contribution in [3.05, 3.63) is 66.6 Å². The standard InChI is InChI=1S/C17H14F3N5OS/c18-17(19,20)27-14-5-2-1-4-13(14)24-16(26)22-11-12-6-8-21-15(10-12)25-9-3-7-23-25/h1-10H,11H2,(H2,22,24,26). The van der Waals surface area contributed by atoms with Gasteiger partial charge < -0.3 is 10.6 Å². The van der Waals surface area contributed by atoms with E-state index in [1.54, 1.807) is 47.5 Å². The summed E-state index contributed by atoms with van der Waals surface area (Å²) in [6.45, 7) is 0.178. The average Bonchev–Trinajstić information content (AvgIpc) is 3.15. The maximum atomic E-state index is 12.6. The molecule has 2 N–H and O–H groups in total. The second-order valence-corrected chi connectivity index (χ2v) is 6.43. The average molecular weight is 393 g/mol. The number of halogens is 3. The molecule has 0 aliphatic carbocycles. The molecule has 0 aliphatic heterocycles. The minimum absolute atomic E-state index is 0.0787. The number of thioether (sulfide) groups is 1. The maximum absolute atomic E-state index is 12.6. The van der Waals surface area contributed by atoms with Gasteiger partial charge in [-0.3, -0.25) is 0 Å². The van der Waals surface area contributed by atoms with Crippen LogP contribution in [0.4, 0.5) is 23.7 Å². The van der Waals surface area contributed by atoms with E-state index < -0.39 is 11.5 Å². The first-order valence-electron chi connectivity index (χ1n) is 7.75. The number of alkyl halides is 3. The van der Waals surface area contributed by atoms with Gasteiger partial charge >= 0.3 is 11.5 Å². The molecule has 0 aliphatic rings. The molecule has 2 heterocycles. The summed E-state index contributed by atoms with van der Waals surface area (Å²) in [5.74, 6) is 0.589. The quantitative estimate of drug-likeness (QED) is 0.638. The van der Waals surface area contributed by atoms with Crippen LogP contribution in [-0.4, -0.2) is 26.3 Å². The van der Waals surface area contributed by atoms with Gasteiger partial charge in [-0.15, -0.1) is 0 Å². The third-order valence-electron chi connectivity index (χ3n) is 3.36. The van der Waals surface area contributed by atoms with Crippen molar-refractivity contribution in [1.29, 1.82) is 0 Å². The second kappa shape index (κ2) is 8.12. The number of para-hydroxylation sites is 1. The highest BCUT2D eigenvalue weighted by atomic mass is 32.2. The topological polar surface area (TPSA) is 71.8 Å². The Morgan fingerprint density at radius 1 is 1.15 bits per heavy atom. The summed E-state index contributed by atoms with van der Waals surface area (Å²) in [6, 6.07) is 10.4. The van der Waals surface area contributed by atoms with Crippen LogP contribution in [0.25, 0.3) is 5.82 Å². The highest BCUT2D eigenvalue weighted by molar-refractivity contribution is 8.00. The van der Waals surface area contributed by atoms with E-state index in [1.165, 1.54) is 18.2 Å². The van der Waals surface area contributed by atoms with Gasteiger partial charge in [0.15, 0.2) is 5.82 Å². The molecule has 0 atom stereocenters. The Hall–Kier alpha value is -3.01. The Bertz CT molecular complexity index is 915. The molecule has 10 heteroatoms. The van der Waals surface area contributed by atoms with Gasteiger partial charge in [-0.1, -0.05) is 12.1 Å². The highest BCUT2D eigenvalue weighted by Crippen LogP contribution is 2.40. The van der Waals surface area contributed by atoms with Crippen molar-refractivity contribution in [3.8, 4) is 5.82 Å². The zero-order valence-electron chi connectivity index (χ0n) is 13.8. The van der Waals surface area contributed by atoms with Gasteiger partial charge in [0.2, 0.25) is 0 Å². The lowest BCUT2D eigenvalue weighted by Gasteiger charge is -2.13. The van der Waals surface area contributed by atoms with Crippen molar-refractivity contribution in [2.75, 3.05) is 5.32 Å². The number of benzene rings is 1. The Morgan fingerprint density at radius 3 is 2.70 bits per heavy atom. The number of urea groups is 1. The van der Waals surface area contributed by atoms with Gasteiger partial charge in [0.05, 0.1) is 5.69 Å². The fourth-order valence-electron chi connectivity index (χ4n) is 2.23. The Balaban J connectivity index is 1.62. The van der Waals surface area contributed by atoms with E-state index in [1.807, 2.05) is 0 Å². The number of hydrogen-bond donors (Lipinski definition) is 2. The lowest BCUT2D eigenvalue weighted by molar-refractivity contribution is -0.0328. The van der Waals surface area contributed by atoms with E-state index in [-0.39, 0.29) is 28.9 Å². The summed E-state index contributed by atoms with van der Waals surface area (Å²) in [5, 5.41) is 9.13. The zero-order valence-corrected chi connectivity index (χ0v) is 14.6. The van der Waals surface area contributed by atoms with E-state index in [0.717, 1.165) is 5.56 Å². The van der Waals surface area contributed by atoms with Crippen LogP contribution in [0, 0.1) is 0 Å². The molecule has 0 spiro atoms. The van der Waals surface area contributed by atoms with Crippen molar-refractivity contribution in [3.63, 3.8) is 0 Å². The monoisotopic (exact) mass is 393 g/mol. The first-order chi connectivity index (χ1) is 12.9. The van der Waals surface area contributed by atoms with Crippen molar-refractivity contribution >= 4 is 23.5 Å². The largest absolute Gasteiger partial charge is 0.446 e. The molecule has 3 aromatic rings. The minimum atomic E-state index is -4.44. The summed E-state index contributed by atoms with van der Waals surface area (Å²) in [4.78, 5) is 16.2. The van der Waals surface area contributed by atoms with Gasteiger partial charge in [0, 0.05) is 30.0 Å². The zero-order chi connectivity index (χ0) is 19.3. The lowest BCUT2D eigenvalue weighted by Crippen LogP contribution is -2.28. The fourth-order valence-corrected chi connectivity index (χ4v) is 2.86. The van der Waals surface area contributed by atoms with Crippen LogP contribution in [0.5, 0.6) is 0 Å². The number of carbonyl (C=O) groups excluding carboxylic acids is 1. The van der Waals surface area contributed by atoms with E-state index >= 15 is 0 Å². The van der Waals surface area contributed by atoms with Gasteiger partial charge in [-0.2, -0.15) is 18.3 Å². The molecular formula is C17H14F3N5OS. The SMILES string of the molecule is O=C(NCc1ccnc(-n2cccn2)c1)Nc1ccccc1SC(F)(F)F. The first kappa shape index (κ1) is 18.8. The van der Waals surface area contributed by atoms with Crippen molar-refractivity contribution in [1.82, 2.24) is 20.1 Å². The molecule has 2 aromatic heterocycles. The molecule has 140 valence electrons. The first-order valence-corrected chi connectivity index (χ1v) is 8.57. The smallest absolute Gasteiger partial charge is 0.334 e. The number of anilines is 1. The normalized spacial score (nSPS) is 11.2. The highest BCUT2D eigenvalue weighted by Gasteiger charge is 2.30. The van der Waals surface area contributed by atoms with Gasteiger partial charge in [-0.05, 0) is 47.7 Å². The molecule has 1 aromatic carbocycles. The number of nitrogens with zero attached hydrogens (tertiary/aromatic N) is 3. The molecule has 0 saturated carbocycles. The van der Waals surface area contributed by atoms with Gasteiger partial charge in [0.25, 0.3) is 0 Å². The molecule has 2 amide bonds. The molecule has 3 rings (SSSR count). The van der Waals surface area contributed by atoms with Crippen molar-refractivity contribution in [2.45, 2.75) is 16.9 Å². The minimum Gasteiger partial charge on any atom is -0.334 e. The molecule has 0 radical (unpaired) electrons. The third kappa shape index (κ3) is 5.48. The van der Waals surface area contributed by atoms with Gasteiger partial charge in [0.1, 0.15) is 0 Å². The van der Waals surface area contributed by atoms with Crippen molar-refractivity contribution in [2.24, 2.45) is 0 Å². The van der Waals surface area contributed by atoms with Crippen LogP contribution in [0.3, 0.4) is 0 Å². The molecule has 0 bridgehead atoms. The third-order valence-corrected chi connectivity index (χ3v) is 4.17. The summed E-state index contributed by atoms with van der Waals surface area (Å²) < 4.78 is 39.4. The maximum Gasteiger partial charge on any atom is 0.446 e. The number of aromatic nitrogens is 3. The van der Waals surface area contributed by atoms with Crippen molar-refractivity contribution < 1.29 is 18.0 Å². The molecule has 0 fully saturated rings. The van der Waals surface area contributed by atoms with Crippen LogP contribution in [0.15, 0.2) is 66.0 Å². The predicted octanol–water partition coefficient (Wildman–Crippen LogP) is 4.20. The lowest BCUT2D eigenvalue weighted by atomic mass is 10.2. The number of rotatable bonds is 5. The molecule has 0 unspecified atom stereocenters. The van der Waals surface area contributed by atoms with Crippen LogP contribution in [0.1, 0.15) is 5.56 Å². The number of amides is 2. The summed E-state index contributed by atoms with van der Waals surface area (Å²) in [6.07, 6.45) is 4.94. The van der Waals surface area contributed by atoms with E-state index in [4.69, 9.17) is 0 Å². The Labute approximate surface area is 156 Å². The Morgan fingerprint density at radius 2 is 1.96 bits per heavy atom. The molecule has 6 nitrogen and oxygen atoms in total. The van der Waals surface area contributed by atoms with Crippen LogP contribution < -0.4 is 10.6 Å². The second-order valence-electron chi connectivity index (χ2n) is 5.32. The van der Waals surface area contributed by atoms with E-state index in [2.05, 4.69) is 20.7 Å². The predicted molar refractivity (Wildman–Crippen MR) is 95.6 cm³/mol. The summed E-state index contributed by atoms with van der Waals surface area (Å²) in [7, 11) is 0. The van der Waals surface area contributed by atoms with Crippen LogP contribution in [0.2, 0.25) is 0 Å². The number of nitrogens with one attached hydrogen (secondary N) is 2. The van der Waals surface area contributed by atoms with E-state index in [9.17, 15) is 18.0 Å². The summed E-state index contributed by atoms with van der Waals surface area (Å²) >= 11 is -0.276. The number of pyridine rings is 1. The molecular weight excluding hydrogens is 379 g/mol. The van der Waals surface area contributed by atoms with E-state index in [0.29, 0.717) is 5.82 Å². The Kier molecular flexibility index (Phi) is 5.65.